The average Bonchev–Trinajstić information content (AvgIpc) is 2.51. The number of nitrogens with one attached hydrogen (secondary N) is 2. The standard InChI is InChI=1S/C10H22N2O2S/c1-3-12-15(13,14)7-6-11-10-5-4-9(2)8-10/h9-12H,3-8H2,1-2H3. The average molecular weight is 234 g/mol. The van der Waals surface area contributed by atoms with Crippen molar-refractivity contribution in [2.45, 2.75) is 39.2 Å². The van der Waals surface area contributed by atoms with Gasteiger partial charge >= 0.3 is 0 Å². The first kappa shape index (κ1) is 12.9. The van der Waals surface area contributed by atoms with Crippen LogP contribution in [0.1, 0.15) is 33.1 Å². The van der Waals surface area contributed by atoms with Crippen LogP contribution in [0.3, 0.4) is 0 Å². The van der Waals surface area contributed by atoms with Gasteiger partial charge in [-0.1, -0.05) is 13.8 Å². The van der Waals surface area contributed by atoms with Crippen LogP contribution in [0.2, 0.25) is 0 Å². The molecule has 0 aliphatic heterocycles. The molecule has 0 spiro atoms. The van der Waals surface area contributed by atoms with Crippen LogP contribution in [0.25, 0.3) is 0 Å². The third-order valence-corrected chi connectivity index (χ3v) is 4.33. The second kappa shape index (κ2) is 5.82. The summed E-state index contributed by atoms with van der Waals surface area (Å²) in [5.41, 5.74) is 0. The fraction of sp³-hybridized carbons (Fsp3) is 1.00. The van der Waals surface area contributed by atoms with Gasteiger partial charge in [0.2, 0.25) is 10.0 Å². The van der Waals surface area contributed by atoms with Gasteiger partial charge < -0.3 is 5.32 Å². The van der Waals surface area contributed by atoms with E-state index < -0.39 is 10.0 Å². The molecular weight excluding hydrogens is 212 g/mol. The van der Waals surface area contributed by atoms with Crippen LogP contribution in [0, 0.1) is 5.92 Å². The van der Waals surface area contributed by atoms with E-state index in [2.05, 4.69) is 17.0 Å². The molecule has 1 aliphatic carbocycles. The predicted molar refractivity (Wildman–Crippen MR) is 62.3 cm³/mol. The van der Waals surface area contributed by atoms with Gasteiger partial charge in [0, 0.05) is 19.1 Å². The van der Waals surface area contributed by atoms with Crippen molar-refractivity contribution < 1.29 is 8.42 Å². The highest BCUT2D eigenvalue weighted by atomic mass is 32.2. The van der Waals surface area contributed by atoms with Crippen molar-refractivity contribution in [1.82, 2.24) is 10.0 Å². The van der Waals surface area contributed by atoms with Gasteiger partial charge in [-0.15, -0.1) is 0 Å². The molecular formula is C10H22N2O2S. The Balaban J connectivity index is 2.16. The molecule has 1 aliphatic rings. The Morgan fingerprint density at radius 1 is 1.33 bits per heavy atom. The fourth-order valence-electron chi connectivity index (χ4n) is 2.08. The van der Waals surface area contributed by atoms with E-state index in [1.807, 2.05) is 0 Å². The number of rotatable bonds is 6. The van der Waals surface area contributed by atoms with Crippen LogP contribution >= 0.6 is 0 Å². The SMILES string of the molecule is CCNS(=O)(=O)CCNC1CCC(C)C1. The van der Waals surface area contributed by atoms with Gasteiger partial charge in [-0.3, -0.25) is 0 Å². The first-order valence-corrected chi connectivity index (χ1v) is 7.39. The quantitative estimate of drug-likeness (QED) is 0.711. The molecule has 0 radical (unpaired) electrons. The molecule has 4 nitrogen and oxygen atoms in total. The molecule has 0 amide bonds. The van der Waals surface area contributed by atoms with Crippen molar-refractivity contribution in [2.24, 2.45) is 5.92 Å². The summed E-state index contributed by atoms with van der Waals surface area (Å²) in [4.78, 5) is 0. The molecule has 0 bridgehead atoms. The maximum absolute atomic E-state index is 11.3. The van der Waals surface area contributed by atoms with Crippen LogP contribution in [-0.4, -0.2) is 33.3 Å². The van der Waals surface area contributed by atoms with E-state index in [9.17, 15) is 8.42 Å². The second-order valence-electron chi connectivity index (χ2n) is 4.39. The van der Waals surface area contributed by atoms with Crippen molar-refractivity contribution >= 4 is 10.0 Å². The summed E-state index contributed by atoms with van der Waals surface area (Å²) in [7, 11) is -3.05. The maximum Gasteiger partial charge on any atom is 0.212 e. The maximum atomic E-state index is 11.3. The first-order valence-electron chi connectivity index (χ1n) is 5.74. The Bertz CT molecular complexity index is 277. The topological polar surface area (TPSA) is 58.2 Å². The highest BCUT2D eigenvalue weighted by Gasteiger charge is 2.20. The van der Waals surface area contributed by atoms with Crippen LogP contribution < -0.4 is 10.0 Å². The Labute approximate surface area is 92.9 Å². The molecule has 1 rings (SSSR count). The third-order valence-electron chi connectivity index (χ3n) is 2.86. The van der Waals surface area contributed by atoms with E-state index in [0.717, 1.165) is 5.92 Å². The van der Waals surface area contributed by atoms with Gasteiger partial charge in [0.15, 0.2) is 0 Å². The summed E-state index contributed by atoms with van der Waals surface area (Å²) < 4.78 is 25.1. The Morgan fingerprint density at radius 3 is 2.60 bits per heavy atom. The molecule has 0 aromatic carbocycles. The molecule has 5 heteroatoms. The molecule has 2 unspecified atom stereocenters. The smallest absolute Gasteiger partial charge is 0.212 e. The number of sulfonamides is 1. The largest absolute Gasteiger partial charge is 0.313 e. The molecule has 1 saturated carbocycles. The Kier molecular flexibility index (Phi) is 5.02. The van der Waals surface area contributed by atoms with Gasteiger partial charge in [-0.2, -0.15) is 0 Å². The van der Waals surface area contributed by atoms with E-state index in [-0.39, 0.29) is 5.75 Å². The van der Waals surface area contributed by atoms with E-state index in [1.54, 1.807) is 6.92 Å². The zero-order valence-corrected chi connectivity index (χ0v) is 10.4. The molecule has 0 aromatic heterocycles. The fourth-order valence-corrected chi connectivity index (χ4v) is 3.05. The van der Waals surface area contributed by atoms with E-state index in [0.29, 0.717) is 19.1 Å². The molecule has 2 atom stereocenters. The van der Waals surface area contributed by atoms with Gasteiger partial charge in [0.1, 0.15) is 0 Å². The lowest BCUT2D eigenvalue weighted by molar-refractivity contribution is 0.512. The van der Waals surface area contributed by atoms with Crippen molar-refractivity contribution in [1.29, 1.82) is 0 Å². The van der Waals surface area contributed by atoms with Crippen LogP contribution in [0.15, 0.2) is 0 Å². The van der Waals surface area contributed by atoms with Gasteiger partial charge in [-0.05, 0) is 25.2 Å². The van der Waals surface area contributed by atoms with Crippen molar-refractivity contribution in [3.8, 4) is 0 Å². The first-order chi connectivity index (χ1) is 7.03. The van der Waals surface area contributed by atoms with Crippen LogP contribution in [0.5, 0.6) is 0 Å². The summed E-state index contributed by atoms with van der Waals surface area (Å²) in [5.74, 6) is 0.971. The summed E-state index contributed by atoms with van der Waals surface area (Å²) in [6.07, 6.45) is 3.63. The van der Waals surface area contributed by atoms with Gasteiger partial charge in [0.25, 0.3) is 0 Å². The summed E-state index contributed by atoms with van der Waals surface area (Å²) in [6.45, 7) is 5.08. The summed E-state index contributed by atoms with van der Waals surface area (Å²) >= 11 is 0. The molecule has 0 saturated heterocycles. The lowest BCUT2D eigenvalue weighted by Crippen LogP contribution is -2.35. The molecule has 0 heterocycles. The Morgan fingerprint density at radius 2 is 2.07 bits per heavy atom. The third kappa shape index (κ3) is 4.95. The van der Waals surface area contributed by atoms with Gasteiger partial charge in [-0.25, -0.2) is 13.1 Å². The molecule has 1 fully saturated rings. The monoisotopic (exact) mass is 234 g/mol. The molecule has 15 heavy (non-hydrogen) atoms. The van der Waals surface area contributed by atoms with Gasteiger partial charge in [0.05, 0.1) is 5.75 Å². The van der Waals surface area contributed by atoms with Crippen LogP contribution in [0.4, 0.5) is 0 Å². The minimum atomic E-state index is -3.05. The number of hydrogen-bond acceptors (Lipinski definition) is 3. The lowest BCUT2D eigenvalue weighted by atomic mass is 10.1. The minimum Gasteiger partial charge on any atom is -0.313 e. The van der Waals surface area contributed by atoms with Crippen LogP contribution in [-0.2, 0) is 10.0 Å². The Hall–Kier alpha value is -0.130. The molecule has 90 valence electrons. The minimum absolute atomic E-state index is 0.186. The van der Waals surface area contributed by atoms with Crippen molar-refractivity contribution in [3.63, 3.8) is 0 Å². The van der Waals surface area contributed by atoms with Crippen molar-refractivity contribution in [2.75, 3.05) is 18.8 Å². The summed E-state index contributed by atoms with van der Waals surface area (Å²) in [6, 6.07) is 0.525. The second-order valence-corrected chi connectivity index (χ2v) is 6.31. The highest BCUT2D eigenvalue weighted by molar-refractivity contribution is 7.89. The predicted octanol–water partition coefficient (Wildman–Crippen LogP) is 0.704. The van der Waals surface area contributed by atoms with E-state index in [1.165, 1.54) is 19.3 Å². The molecule has 2 N–H and O–H groups in total. The number of hydrogen-bond donors (Lipinski definition) is 2. The lowest BCUT2D eigenvalue weighted by Gasteiger charge is -2.12. The van der Waals surface area contributed by atoms with Crippen molar-refractivity contribution in [3.05, 3.63) is 0 Å². The zero-order valence-electron chi connectivity index (χ0n) is 9.62. The van der Waals surface area contributed by atoms with E-state index >= 15 is 0 Å². The van der Waals surface area contributed by atoms with E-state index in [4.69, 9.17) is 0 Å². The molecule has 0 aromatic rings. The zero-order chi connectivity index (χ0) is 11.3. The summed E-state index contributed by atoms with van der Waals surface area (Å²) in [5, 5.41) is 3.31. The highest BCUT2D eigenvalue weighted by Crippen LogP contribution is 2.24. The normalized spacial score (nSPS) is 27.1.